The molecule has 0 N–H and O–H groups in total. The second-order valence-electron chi connectivity index (χ2n) is 4.46. The molecule has 2 heterocycles. The molecule has 3 aromatic rings. The van der Waals surface area contributed by atoms with Crippen LogP contribution in [0.3, 0.4) is 0 Å². The van der Waals surface area contributed by atoms with Gasteiger partial charge in [0.1, 0.15) is 0 Å². The Kier molecular flexibility index (Phi) is 3.09. The molecule has 0 spiro atoms. The topological polar surface area (TPSA) is 43.1 Å². The lowest BCUT2D eigenvalue weighted by molar-refractivity contribution is -0.137. The third-order valence-corrected chi connectivity index (χ3v) is 3.16. The molecule has 0 bridgehead atoms. The SMILES string of the molecule is Cc1nnc2ccc(-c3cc(Cl)cc(C(F)(F)F)c3)nn12. The summed E-state index contributed by atoms with van der Waals surface area (Å²) in [6.45, 7) is 1.70. The van der Waals surface area contributed by atoms with Crippen molar-refractivity contribution in [2.45, 2.75) is 13.1 Å². The molecule has 2 aromatic heterocycles. The molecule has 0 saturated heterocycles. The first-order chi connectivity index (χ1) is 9.84. The van der Waals surface area contributed by atoms with Crippen LogP contribution in [0, 0.1) is 6.92 Å². The van der Waals surface area contributed by atoms with Crippen LogP contribution in [0.25, 0.3) is 16.9 Å². The van der Waals surface area contributed by atoms with Gasteiger partial charge in [-0.3, -0.25) is 0 Å². The summed E-state index contributed by atoms with van der Waals surface area (Å²) in [5.41, 5.74) is 0.352. The molecule has 4 nitrogen and oxygen atoms in total. The maximum Gasteiger partial charge on any atom is 0.416 e. The molecule has 3 rings (SSSR count). The summed E-state index contributed by atoms with van der Waals surface area (Å²) in [5.74, 6) is 0.546. The minimum Gasteiger partial charge on any atom is -0.197 e. The standard InChI is InChI=1S/C13H8ClF3N4/c1-7-18-19-12-3-2-11(20-21(7)12)8-4-9(13(15,16)17)6-10(14)5-8/h2-6H,1H3. The number of nitrogens with zero attached hydrogens (tertiary/aromatic N) is 4. The Bertz CT molecular complexity index is 826. The van der Waals surface area contributed by atoms with E-state index in [2.05, 4.69) is 15.3 Å². The zero-order chi connectivity index (χ0) is 15.2. The van der Waals surface area contributed by atoms with Gasteiger partial charge in [0.15, 0.2) is 11.5 Å². The molecule has 0 unspecified atom stereocenters. The summed E-state index contributed by atoms with van der Waals surface area (Å²) in [6.07, 6.45) is -4.46. The van der Waals surface area contributed by atoms with E-state index >= 15 is 0 Å². The molecular formula is C13H8ClF3N4. The summed E-state index contributed by atoms with van der Waals surface area (Å²) >= 11 is 5.78. The van der Waals surface area contributed by atoms with Crippen LogP contribution in [0.15, 0.2) is 30.3 Å². The fraction of sp³-hybridized carbons (Fsp3) is 0.154. The Labute approximate surface area is 122 Å². The van der Waals surface area contributed by atoms with Crippen LogP contribution in [-0.2, 0) is 6.18 Å². The molecule has 0 radical (unpaired) electrons. The number of aromatic nitrogens is 4. The van der Waals surface area contributed by atoms with Gasteiger partial charge < -0.3 is 0 Å². The molecule has 0 aliphatic rings. The lowest BCUT2D eigenvalue weighted by Crippen LogP contribution is -2.05. The van der Waals surface area contributed by atoms with Crippen molar-refractivity contribution >= 4 is 17.2 Å². The number of fused-ring (bicyclic) bond motifs is 1. The first-order valence-electron chi connectivity index (χ1n) is 5.92. The number of aryl methyl sites for hydroxylation is 1. The average molecular weight is 313 g/mol. The number of rotatable bonds is 1. The first-order valence-corrected chi connectivity index (χ1v) is 6.29. The van der Waals surface area contributed by atoms with Gasteiger partial charge in [-0.1, -0.05) is 11.6 Å². The van der Waals surface area contributed by atoms with Gasteiger partial charge in [-0.05, 0) is 37.3 Å². The summed E-state index contributed by atoms with van der Waals surface area (Å²) < 4.78 is 39.9. The molecule has 0 aliphatic carbocycles. The Morgan fingerprint density at radius 3 is 2.57 bits per heavy atom. The van der Waals surface area contributed by atoms with E-state index in [9.17, 15) is 13.2 Å². The molecular weight excluding hydrogens is 305 g/mol. The Hall–Kier alpha value is -2.15. The van der Waals surface area contributed by atoms with Crippen molar-refractivity contribution in [3.8, 4) is 11.3 Å². The number of hydrogen-bond acceptors (Lipinski definition) is 3. The summed E-state index contributed by atoms with van der Waals surface area (Å²) in [6, 6.07) is 6.55. The quantitative estimate of drug-likeness (QED) is 0.687. The van der Waals surface area contributed by atoms with Crippen LogP contribution < -0.4 is 0 Å². The molecule has 0 aliphatic heterocycles. The first kappa shape index (κ1) is 13.8. The lowest BCUT2D eigenvalue weighted by atomic mass is 10.1. The Morgan fingerprint density at radius 1 is 1.10 bits per heavy atom. The van der Waals surface area contributed by atoms with E-state index in [1.165, 1.54) is 10.6 Å². The van der Waals surface area contributed by atoms with E-state index in [1.54, 1.807) is 19.1 Å². The zero-order valence-corrected chi connectivity index (χ0v) is 11.4. The van der Waals surface area contributed by atoms with E-state index in [-0.39, 0.29) is 10.6 Å². The van der Waals surface area contributed by atoms with E-state index in [1.807, 2.05) is 0 Å². The van der Waals surface area contributed by atoms with Gasteiger partial charge in [-0.2, -0.15) is 22.8 Å². The molecule has 21 heavy (non-hydrogen) atoms. The molecule has 8 heteroatoms. The second-order valence-corrected chi connectivity index (χ2v) is 4.90. The van der Waals surface area contributed by atoms with E-state index < -0.39 is 11.7 Å². The van der Waals surface area contributed by atoms with Crippen LogP contribution in [-0.4, -0.2) is 19.8 Å². The van der Waals surface area contributed by atoms with E-state index in [0.29, 0.717) is 17.2 Å². The molecule has 1 aromatic carbocycles. The summed E-state index contributed by atoms with van der Waals surface area (Å²) in [5, 5.41) is 12.0. The minimum absolute atomic E-state index is 0.00204. The third-order valence-electron chi connectivity index (χ3n) is 2.94. The van der Waals surface area contributed by atoms with E-state index in [4.69, 9.17) is 11.6 Å². The van der Waals surface area contributed by atoms with Crippen LogP contribution in [0.2, 0.25) is 5.02 Å². The summed E-state index contributed by atoms with van der Waals surface area (Å²) in [4.78, 5) is 0. The fourth-order valence-electron chi connectivity index (χ4n) is 1.95. The third kappa shape index (κ3) is 2.56. The molecule has 0 amide bonds. The number of hydrogen-bond donors (Lipinski definition) is 0. The predicted molar refractivity (Wildman–Crippen MR) is 71.0 cm³/mol. The Morgan fingerprint density at radius 2 is 1.86 bits per heavy atom. The van der Waals surface area contributed by atoms with Gasteiger partial charge >= 0.3 is 6.18 Å². The highest BCUT2D eigenvalue weighted by molar-refractivity contribution is 6.31. The molecule has 0 atom stereocenters. The van der Waals surface area contributed by atoms with Gasteiger partial charge in [-0.25, -0.2) is 0 Å². The molecule has 108 valence electrons. The van der Waals surface area contributed by atoms with Gasteiger partial charge in [-0.15, -0.1) is 10.2 Å². The number of halogens is 4. The van der Waals surface area contributed by atoms with Crippen LogP contribution in [0.5, 0.6) is 0 Å². The maximum atomic E-state index is 12.8. The van der Waals surface area contributed by atoms with Crippen molar-refractivity contribution in [2.75, 3.05) is 0 Å². The van der Waals surface area contributed by atoms with Crippen molar-refractivity contribution in [3.63, 3.8) is 0 Å². The van der Waals surface area contributed by atoms with Crippen molar-refractivity contribution in [2.24, 2.45) is 0 Å². The molecule has 0 fully saturated rings. The Balaban J connectivity index is 2.17. The van der Waals surface area contributed by atoms with Gasteiger partial charge in [0, 0.05) is 10.6 Å². The van der Waals surface area contributed by atoms with Crippen LogP contribution >= 0.6 is 11.6 Å². The smallest absolute Gasteiger partial charge is 0.197 e. The van der Waals surface area contributed by atoms with Crippen molar-refractivity contribution in [1.29, 1.82) is 0 Å². The normalized spacial score (nSPS) is 12.0. The van der Waals surface area contributed by atoms with Crippen molar-refractivity contribution < 1.29 is 13.2 Å². The lowest BCUT2D eigenvalue weighted by Gasteiger charge is -2.09. The molecule has 0 saturated carbocycles. The summed E-state index contributed by atoms with van der Waals surface area (Å²) in [7, 11) is 0. The second kappa shape index (κ2) is 4.70. The van der Waals surface area contributed by atoms with Crippen LogP contribution in [0.4, 0.5) is 13.2 Å². The number of benzene rings is 1. The van der Waals surface area contributed by atoms with Gasteiger partial charge in [0.2, 0.25) is 0 Å². The minimum atomic E-state index is -4.46. The highest BCUT2D eigenvalue weighted by Gasteiger charge is 2.31. The monoisotopic (exact) mass is 312 g/mol. The highest BCUT2D eigenvalue weighted by atomic mass is 35.5. The van der Waals surface area contributed by atoms with Crippen LogP contribution in [0.1, 0.15) is 11.4 Å². The van der Waals surface area contributed by atoms with E-state index in [0.717, 1.165) is 12.1 Å². The highest BCUT2D eigenvalue weighted by Crippen LogP contribution is 2.34. The predicted octanol–water partition coefficient (Wildman–Crippen LogP) is 3.77. The average Bonchev–Trinajstić information content (AvgIpc) is 2.78. The zero-order valence-electron chi connectivity index (χ0n) is 10.7. The van der Waals surface area contributed by atoms with Crippen molar-refractivity contribution in [1.82, 2.24) is 19.8 Å². The van der Waals surface area contributed by atoms with Gasteiger partial charge in [0.25, 0.3) is 0 Å². The maximum absolute atomic E-state index is 12.8. The largest absolute Gasteiger partial charge is 0.416 e. The van der Waals surface area contributed by atoms with Gasteiger partial charge in [0.05, 0.1) is 11.3 Å². The number of alkyl halides is 3. The van der Waals surface area contributed by atoms with Crippen molar-refractivity contribution in [3.05, 3.63) is 46.7 Å². The fourth-order valence-corrected chi connectivity index (χ4v) is 2.19.